The Bertz CT molecular complexity index is 281. The van der Waals surface area contributed by atoms with Crippen molar-refractivity contribution in [2.24, 2.45) is 5.73 Å². The van der Waals surface area contributed by atoms with Crippen LogP contribution >= 0.6 is 15.9 Å². The minimum atomic E-state index is 0.709. The van der Waals surface area contributed by atoms with E-state index in [1.807, 2.05) is 0 Å². The van der Waals surface area contributed by atoms with Crippen molar-refractivity contribution < 1.29 is 0 Å². The summed E-state index contributed by atoms with van der Waals surface area (Å²) in [6.45, 7) is 4.95. The summed E-state index contributed by atoms with van der Waals surface area (Å²) in [5.74, 6) is 0. The number of benzene rings is 1. The van der Waals surface area contributed by atoms with Crippen LogP contribution in [0.3, 0.4) is 0 Å². The minimum Gasteiger partial charge on any atom is -0.330 e. The van der Waals surface area contributed by atoms with Gasteiger partial charge in [-0.15, -0.1) is 0 Å². The molecule has 0 aromatic heterocycles. The van der Waals surface area contributed by atoms with Gasteiger partial charge in [0.15, 0.2) is 0 Å². The lowest BCUT2D eigenvalue weighted by molar-refractivity contribution is 0.958. The fraction of sp³-hybridized carbons (Fsp3) is 0.400. The van der Waals surface area contributed by atoms with E-state index in [1.165, 1.54) is 21.2 Å². The Kier molecular flexibility index (Phi) is 3.29. The molecule has 0 saturated heterocycles. The largest absolute Gasteiger partial charge is 0.330 e. The second-order valence-electron chi connectivity index (χ2n) is 3.02. The Balaban J connectivity index is 3.08. The molecule has 0 amide bonds. The van der Waals surface area contributed by atoms with Gasteiger partial charge in [-0.3, -0.25) is 0 Å². The van der Waals surface area contributed by atoms with Crippen LogP contribution in [0.1, 0.15) is 16.7 Å². The van der Waals surface area contributed by atoms with E-state index in [0.717, 1.165) is 6.42 Å². The van der Waals surface area contributed by atoms with Crippen LogP contribution in [0, 0.1) is 13.8 Å². The molecule has 0 radical (unpaired) electrons. The highest BCUT2D eigenvalue weighted by Crippen LogP contribution is 2.24. The first kappa shape index (κ1) is 9.75. The zero-order valence-electron chi connectivity index (χ0n) is 7.52. The normalized spacial score (nSPS) is 10.3. The first-order chi connectivity index (χ1) is 5.66. The molecule has 0 heterocycles. The zero-order chi connectivity index (χ0) is 9.14. The van der Waals surface area contributed by atoms with Crippen molar-refractivity contribution in [3.8, 4) is 0 Å². The van der Waals surface area contributed by atoms with Crippen molar-refractivity contribution in [1.82, 2.24) is 0 Å². The van der Waals surface area contributed by atoms with Gasteiger partial charge >= 0.3 is 0 Å². The first-order valence-electron chi connectivity index (χ1n) is 4.11. The standard InChI is InChI=1S/C10H14BrN/c1-7-3-4-9(5-6-12)10(11)8(7)2/h3-4H,5-6,12H2,1-2H3. The molecule has 0 aliphatic rings. The predicted molar refractivity (Wildman–Crippen MR) is 56.4 cm³/mol. The summed E-state index contributed by atoms with van der Waals surface area (Å²) < 4.78 is 1.22. The molecule has 0 aliphatic carbocycles. The Hall–Kier alpha value is -0.340. The summed E-state index contributed by atoms with van der Waals surface area (Å²) in [6.07, 6.45) is 0.946. The molecule has 0 unspecified atom stereocenters. The molecule has 0 spiro atoms. The zero-order valence-corrected chi connectivity index (χ0v) is 9.11. The third kappa shape index (κ3) is 1.87. The van der Waals surface area contributed by atoms with Crippen molar-refractivity contribution in [3.63, 3.8) is 0 Å². The number of nitrogens with two attached hydrogens (primary N) is 1. The SMILES string of the molecule is Cc1ccc(CCN)c(Br)c1C. The van der Waals surface area contributed by atoms with Gasteiger partial charge in [-0.2, -0.15) is 0 Å². The second kappa shape index (κ2) is 4.06. The van der Waals surface area contributed by atoms with Gasteiger partial charge in [0.1, 0.15) is 0 Å². The van der Waals surface area contributed by atoms with E-state index in [1.54, 1.807) is 0 Å². The third-order valence-corrected chi connectivity index (χ3v) is 3.25. The number of halogens is 1. The van der Waals surface area contributed by atoms with Gasteiger partial charge in [-0.25, -0.2) is 0 Å². The lowest BCUT2D eigenvalue weighted by Crippen LogP contribution is -2.04. The molecule has 2 N–H and O–H groups in total. The summed E-state index contributed by atoms with van der Waals surface area (Å²) in [5.41, 5.74) is 9.45. The molecule has 0 fully saturated rings. The van der Waals surface area contributed by atoms with E-state index in [4.69, 9.17) is 5.73 Å². The van der Waals surface area contributed by atoms with Crippen LogP contribution < -0.4 is 5.73 Å². The summed E-state index contributed by atoms with van der Waals surface area (Å²) in [5, 5.41) is 0. The smallest absolute Gasteiger partial charge is 0.0239 e. The first-order valence-corrected chi connectivity index (χ1v) is 4.90. The Labute approximate surface area is 82.1 Å². The van der Waals surface area contributed by atoms with Gasteiger partial charge in [-0.05, 0) is 43.5 Å². The maximum Gasteiger partial charge on any atom is 0.0239 e. The fourth-order valence-electron chi connectivity index (χ4n) is 1.19. The molecule has 0 atom stereocenters. The van der Waals surface area contributed by atoms with Crippen LogP contribution in [0.4, 0.5) is 0 Å². The summed E-state index contributed by atoms with van der Waals surface area (Å²) in [4.78, 5) is 0. The molecule has 0 saturated carbocycles. The maximum absolute atomic E-state index is 5.50. The molecule has 2 heteroatoms. The topological polar surface area (TPSA) is 26.0 Å². The molecule has 66 valence electrons. The quantitative estimate of drug-likeness (QED) is 0.827. The molecule has 1 aromatic carbocycles. The van der Waals surface area contributed by atoms with Crippen LogP contribution in [0.15, 0.2) is 16.6 Å². The molecule has 0 bridgehead atoms. The molecule has 1 rings (SSSR count). The molecular formula is C10H14BrN. The van der Waals surface area contributed by atoms with Crippen molar-refractivity contribution in [3.05, 3.63) is 33.3 Å². The van der Waals surface area contributed by atoms with Gasteiger partial charge in [0.25, 0.3) is 0 Å². The summed E-state index contributed by atoms with van der Waals surface area (Å²) in [6, 6.07) is 4.28. The van der Waals surface area contributed by atoms with E-state index in [-0.39, 0.29) is 0 Å². The van der Waals surface area contributed by atoms with Crippen molar-refractivity contribution >= 4 is 15.9 Å². The van der Waals surface area contributed by atoms with E-state index >= 15 is 0 Å². The van der Waals surface area contributed by atoms with Gasteiger partial charge in [0.05, 0.1) is 0 Å². The van der Waals surface area contributed by atoms with Crippen LogP contribution in [0.5, 0.6) is 0 Å². The molecular weight excluding hydrogens is 214 g/mol. The summed E-state index contributed by atoms with van der Waals surface area (Å²) in [7, 11) is 0. The number of hydrogen-bond donors (Lipinski definition) is 1. The Morgan fingerprint density at radius 2 is 2.00 bits per heavy atom. The highest BCUT2D eigenvalue weighted by molar-refractivity contribution is 9.10. The Morgan fingerprint density at radius 1 is 1.33 bits per heavy atom. The monoisotopic (exact) mass is 227 g/mol. The molecule has 0 aliphatic heterocycles. The number of rotatable bonds is 2. The average molecular weight is 228 g/mol. The van der Waals surface area contributed by atoms with Crippen molar-refractivity contribution in [1.29, 1.82) is 0 Å². The predicted octanol–water partition coefficient (Wildman–Crippen LogP) is 2.57. The summed E-state index contributed by atoms with van der Waals surface area (Å²) >= 11 is 3.58. The molecule has 12 heavy (non-hydrogen) atoms. The average Bonchev–Trinajstić information content (AvgIpc) is 2.07. The minimum absolute atomic E-state index is 0.709. The van der Waals surface area contributed by atoms with Crippen LogP contribution in [0.25, 0.3) is 0 Å². The van der Waals surface area contributed by atoms with E-state index in [9.17, 15) is 0 Å². The number of hydrogen-bond acceptors (Lipinski definition) is 1. The van der Waals surface area contributed by atoms with E-state index in [0.29, 0.717) is 6.54 Å². The molecule has 1 nitrogen and oxygen atoms in total. The van der Waals surface area contributed by atoms with E-state index in [2.05, 4.69) is 41.9 Å². The van der Waals surface area contributed by atoms with Gasteiger partial charge in [0, 0.05) is 4.47 Å². The van der Waals surface area contributed by atoms with Gasteiger partial charge in [0.2, 0.25) is 0 Å². The van der Waals surface area contributed by atoms with Crippen LogP contribution in [-0.2, 0) is 6.42 Å². The lowest BCUT2D eigenvalue weighted by Gasteiger charge is -2.08. The van der Waals surface area contributed by atoms with E-state index < -0.39 is 0 Å². The second-order valence-corrected chi connectivity index (χ2v) is 3.81. The third-order valence-electron chi connectivity index (χ3n) is 2.15. The van der Waals surface area contributed by atoms with Gasteiger partial charge < -0.3 is 5.73 Å². The molecule has 1 aromatic rings. The van der Waals surface area contributed by atoms with Crippen molar-refractivity contribution in [2.75, 3.05) is 6.54 Å². The highest BCUT2D eigenvalue weighted by atomic mass is 79.9. The highest BCUT2D eigenvalue weighted by Gasteiger charge is 2.03. The fourth-order valence-corrected chi connectivity index (χ4v) is 1.83. The van der Waals surface area contributed by atoms with Gasteiger partial charge in [-0.1, -0.05) is 28.1 Å². The lowest BCUT2D eigenvalue weighted by atomic mass is 10.0. The number of aryl methyl sites for hydroxylation is 1. The van der Waals surface area contributed by atoms with Crippen LogP contribution in [0.2, 0.25) is 0 Å². The maximum atomic E-state index is 5.50. The Morgan fingerprint density at radius 3 is 2.58 bits per heavy atom. The van der Waals surface area contributed by atoms with Crippen LogP contribution in [-0.4, -0.2) is 6.54 Å². The van der Waals surface area contributed by atoms with Crippen molar-refractivity contribution in [2.45, 2.75) is 20.3 Å².